The van der Waals surface area contributed by atoms with Crippen LogP contribution >= 0.6 is 0 Å². The number of fused-ring (bicyclic) bond motifs is 2. The number of amides is 1. The molecule has 0 fully saturated rings. The first kappa shape index (κ1) is 15.8. The number of nitrogens with one attached hydrogen (secondary N) is 2. The molecule has 0 bridgehead atoms. The van der Waals surface area contributed by atoms with Gasteiger partial charge in [0.2, 0.25) is 0 Å². The van der Waals surface area contributed by atoms with Crippen LogP contribution in [0.4, 0.5) is 0 Å². The van der Waals surface area contributed by atoms with Crippen molar-refractivity contribution in [1.29, 1.82) is 0 Å². The van der Waals surface area contributed by atoms with Crippen molar-refractivity contribution in [2.24, 2.45) is 5.10 Å². The van der Waals surface area contributed by atoms with Gasteiger partial charge in [-0.25, -0.2) is 5.43 Å². The Kier molecular flexibility index (Phi) is 4.30. The van der Waals surface area contributed by atoms with Gasteiger partial charge in [0.05, 0.1) is 6.21 Å². The molecule has 0 radical (unpaired) electrons. The van der Waals surface area contributed by atoms with Gasteiger partial charge in [-0.3, -0.25) is 9.78 Å². The number of carbonyl (C=O) groups is 1. The Bertz CT molecular complexity index is 1100. The van der Waals surface area contributed by atoms with Crippen molar-refractivity contribution >= 4 is 33.9 Å². The van der Waals surface area contributed by atoms with Crippen LogP contribution < -0.4 is 10.2 Å². The van der Waals surface area contributed by atoms with E-state index in [1.165, 1.54) is 0 Å². The lowest BCUT2D eigenvalue weighted by molar-refractivity contribution is -0.123. The summed E-state index contributed by atoms with van der Waals surface area (Å²) in [7, 11) is 0. The monoisotopic (exact) mass is 344 g/mol. The van der Waals surface area contributed by atoms with E-state index in [1.54, 1.807) is 18.5 Å². The van der Waals surface area contributed by atoms with Crippen molar-refractivity contribution in [1.82, 2.24) is 15.4 Å². The van der Waals surface area contributed by atoms with Crippen LogP contribution in [0.15, 0.2) is 72.1 Å². The molecule has 0 unspecified atom stereocenters. The van der Waals surface area contributed by atoms with Crippen LogP contribution in [0.5, 0.6) is 5.75 Å². The molecule has 128 valence electrons. The fourth-order valence-electron chi connectivity index (χ4n) is 2.74. The first-order valence-corrected chi connectivity index (χ1v) is 8.16. The van der Waals surface area contributed by atoms with Crippen LogP contribution in [0.25, 0.3) is 21.8 Å². The van der Waals surface area contributed by atoms with Gasteiger partial charge >= 0.3 is 0 Å². The number of benzene rings is 2. The van der Waals surface area contributed by atoms with Crippen molar-refractivity contribution in [3.05, 3.63) is 72.6 Å². The number of hydrogen-bond donors (Lipinski definition) is 2. The lowest BCUT2D eigenvalue weighted by Gasteiger charge is -2.07. The van der Waals surface area contributed by atoms with E-state index in [-0.39, 0.29) is 12.5 Å². The molecule has 1 amide bonds. The molecule has 0 aliphatic heterocycles. The first-order valence-electron chi connectivity index (χ1n) is 8.16. The van der Waals surface area contributed by atoms with Gasteiger partial charge in [-0.15, -0.1) is 0 Å². The zero-order valence-corrected chi connectivity index (χ0v) is 13.8. The summed E-state index contributed by atoms with van der Waals surface area (Å²) in [6.07, 6.45) is 5.15. The average molecular weight is 344 g/mol. The summed E-state index contributed by atoms with van der Waals surface area (Å²) >= 11 is 0. The number of hydrogen-bond acceptors (Lipinski definition) is 4. The molecule has 0 atom stereocenters. The van der Waals surface area contributed by atoms with Crippen molar-refractivity contribution in [3.63, 3.8) is 0 Å². The summed E-state index contributed by atoms with van der Waals surface area (Å²) in [4.78, 5) is 19.4. The maximum atomic E-state index is 12.0. The van der Waals surface area contributed by atoms with Crippen molar-refractivity contribution < 1.29 is 9.53 Å². The molecule has 4 rings (SSSR count). The molecule has 2 N–H and O–H groups in total. The van der Waals surface area contributed by atoms with Crippen molar-refractivity contribution in [2.45, 2.75) is 0 Å². The predicted molar refractivity (Wildman–Crippen MR) is 101 cm³/mol. The van der Waals surface area contributed by atoms with E-state index < -0.39 is 0 Å². The van der Waals surface area contributed by atoms with Crippen LogP contribution in [0, 0.1) is 0 Å². The molecule has 2 heterocycles. The number of pyridine rings is 1. The molecule has 6 nitrogen and oxygen atoms in total. The second-order valence-electron chi connectivity index (χ2n) is 5.70. The minimum absolute atomic E-state index is 0.138. The molecule has 0 aliphatic carbocycles. The number of aromatic amines is 1. The lowest BCUT2D eigenvalue weighted by atomic mass is 10.2. The van der Waals surface area contributed by atoms with E-state index in [1.807, 2.05) is 54.7 Å². The molecule has 0 saturated heterocycles. The second-order valence-corrected chi connectivity index (χ2v) is 5.70. The van der Waals surface area contributed by atoms with E-state index in [0.717, 1.165) is 27.4 Å². The quantitative estimate of drug-likeness (QED) is 0.431. The van der Waals surface area contributed by atoms with E-state index in [9.17, 15) is 4.79 Å². The number of ether oxygens (including phenoxy) is 1. The minimum atomic E-state index is -0.339. The zero-order chi connectivity index (χ0) is 17.8. The van der Waals surface area contributed by atoms with Gasteiger partial charge in [-0.05, 0) is 18.2 Å². The molecular formula is C20H16N4O2. The summed E-state index contributed by atoms with van der Waals surface area (Å²) in [5.74, 6) is 0.230. The molecule has 26 heavy (non-hydrogen) atoms. The predicted octanol–water partition coefficient (Wildman–Crippen LogP) is 3.25. The summed E-state index contributed by atoms with van der Waals surface area (Å²) in [6.45, 7) is -0.138. The molecule has 0 spiro atoms. The third-order valence-corrected chi connectivity index (χ3v) is 3.97. The van der Waals surface area contributed by atoms with Gasteiger partial charge < -0.3 is 9.72 Å². The number of carbonyl (C=O) groups excluding carboxylic acids is 1. The summed E-state index contributed by atoms with van der Waals surface area (Å²) < 4.78 is 5.58. The summed E-state index contributed by atoms with van der Waals surface area (Å²) in [5.41, 5.74) is 5.13. The van der Waals surface area contributed by atoms with Crippen LogP contribution in [0.3, 0.4) is 0 Å². The number of nitrogens with zero attached hydrogens (tertiary/aromatic N) is 2. The van der Waals surface area contributed by atoms with E-state index >= 15 is 0 Å². The summed E-state index contributed by atoms with van der Waals surface area (Å²) in [6, 6.07) is 17.3. The van der Waals surface area contributed by atoms with Crippen LogP contribution in [-0.4, -0.2) is 28.7 Å². The Hall–Kier alpha value is -3.67. The van der Waals surface area contributed by atoms with Crippen LogP contribution in [-0.2, 0) is 4.79 Å². The molecule has 4 aromatic rings. The van der Waals surface area contributed by atoms with E-state index in [4.69, 9.17) is 4.74 Å². The molecule has 6 heteroatoms. The Morgan fingerprint density at radius 2 is 2.04 bits per heavy atom. The third kappa shape index (κ3) is 3.25. The number of H-pyrrole nitrogens is 1. The number of hydrazone groups is 1. The Balaban J connectivity index is 1.38. The largest absolute Gasteiger partial charge is 0.481 e. The standard InChI is InChI=1S/C20H16N4O2/c25-19(13-26-18-9-3-5-14-6-4-10-21-20(14)18)24-23-12-15-11-22-17-8-2-1-7-16(15)17/h1-12,22H,13H2,(H,24,25)/b23-12-. The highest BCUT2D eigenvalue weighted by molar-refractivity contribution is 5.99. The molecule has 0 saturated carbocycles. The highest BCUT2D eigenvalue weighted by Gasteiger charge is 2.06. The van der Waals surface area contributed by atoms with Crippen LogP contribution in [0.1, 0.15) is 5.56 Å². The average Bonchev–Trinajstić information content (AvgIpc) is 3.09. The maximum absolute atomic E-state index is 12.0. The van der Waals surface area contributed by atoms with Gasteiger partial charge in [0, 0.05) is 34.2 Å². The Morgan fingerprint density at radius 1 is 1.15 bits per heavy atom. The SMILES string of the molecule is O=C(COc1cccc2cccnc12)N/N=C\c1c[nH]c2ccccc12. The van der Waals surface area contributed by atoms with E-state index in [0.29, 0.717) is 5.75 Å². The van der Waals surface area contributed by atoms with Crippen molar-refractivity contribution in [3.8, 4) is 5.75 Å². The first-order chi connectivity index (χ1) is 12.8. The van der Waals surface area contributed by atoms with E-state index in [2.05, 4.69) is 20.5 Å². The van der Waals surface area contributed by atoms with Gasteiger partial charge in [0.25, 0.3) is 5.91 Å². The molecule has 2 aromatic carbocycles. The lowest BCUT2D eigenvalue weighted by Crippen LogP contribution is -2.24. The smallest absolute Gasteiger partial charge is 0.277 e. The fraction of sp³-hybridized carbons (Fsp3) is 0.0500. The number of rotatable bonds is 5. The highest BCUT2D eigenvalue weighted by atomic mass is 16.5. The number of aromatic nitrogens is 2. The van der Waals surface area contributed by atoms with Crippen LogP contribution in [0.2, 0.25) is 0 Å². The zero-order valence-electron chi connectivity index (χ0n) is 13.8. The molecular weight excluding hydrogens is 328 g/mol. The highest BCUT2D eigenvalue weighted by Crippen LogP contribution is 2.22. The fourth-order valence-corrected chi connectivity index (χ4v) is 2.74. The Labute approximate surface area is 149 Å². The van der Waals surface area contributed by atoms with Gasteiger partial charge in [-0.1, -0.05) is 36.4 Å². The van der Waals surface area contributed by atoms with Gasteiger partial charge in [0.15, 0.2) is 6.61 Å². The normalized spacial score (nSPS) is 11.2. The van der Waals surface area contributed by atoms with Gasteiger partial charge in [0.1, 0.15) is 11.3 Å². The summed E-state index contributed by atoms with van der Waals surface area (Å²) in [5, 5.41) is 6.00. The third-order valence-electron chi connectivity index (χ3n) is 3.97. The molecule has 2 aromatic heterocycles. The minimum Gasteiger partial charge on any atom is -0.481 e. The number of para-hydroxylation sites is 2. The topological polar surface area (TPSA) is 79.4 Å². The van der Waals surface area contributed by atoms with Crippen molar-refractivity contribution in [2.75, 3.05) is 6.61 Å². The molecule has 0 aliphatic rings. The Morgan fingerprint density at radius 3 is 3.00 bits per heavy atom. The second kappa shape index (κ2) is 7.06. The van der Waals surface area contributed by atoms with Gasteiger partial charge in [-0.2, -0.15) is 5.10 Å². The maximum Gasteiger partial charge on any atom is 0.277 e.